The minimum atomic E-state index is -1.30. The summed E-state index contributed by atoms with van der Waals surface area (Å²) in [6.45, 7) is 10.9. The van der Waals surface area contributed by atoms with Crippen LogP contribution in [0.5, 0.6) is 0 Å². The van der Waals surface area contributed by atoms with E-state index in [0.29, 0.717) is 30.5 Å². The molecule has 1 spiro atoms. The number of nitrogens with zero attached hydrogens (tertiary/aromatic N) is 3. The van der Waals surface area contributed by atoms with Gasteiger partial charge in [-0.1, -0.05) is 72.8 Å². The summed E-state index contributed by atoms with van der Waals surface area (Å²) >= 11 is 0. The molecule has 0 aliphatic carbocycles. The van der Waals surface area contributed by atoms with Gasteiger partial charge in [-0.05, 0) is 61.6 Å². The lowest BCUT2D eigenvalue weighted by Gasteiger charge is -2.38. The molecule has 10 nitrogen and oxygen atoms in total. The molecule has 3 heterocycles. The van der Waals surface area contributed by atoms with E-state index in [9.17, 15) is 24.3 Å². The first-order valence-corrected chi connectivity index (χ1v) is 17.7. The Morgan fingerprint density at radius 3 is 2.43 bits per heavy atom. The molecule has 0 radical (unpaired) electrons. The fourth-order valence-corrected chi connectivity index (χ4v) is 8.27. The Morgan fingerprint density at radius 2 is 1.75 bits per heavy atom. The number of hydrogen-bond acceptors (Lipinski definition) is 7. The minimum absolute atomic E-state index is 0.113. The molecule has 0 aromatic heterocycles. The lowest BCUT2D eigenvalue weighted by molar-refractivity contribution is -0.165. The lowest BCUT2D eigenvalue weighted by atomic mass is 9.70. The first-order chi connectivity index (χ1) is 24.6. The average molecular weight is 694 g/mol. The molecule has 2 bridgehead atoms. The molecule has 268 valence electrons. The molecule has 3 aromatic carbocycles. The Bertz CT molecular complexity index is 1810. The summed E-state index contributed by atoms with van der Waals surface area (Å²) in [5, 5.41) is 12.3. The number of anilines is 1. The van der Waals surface area contributed by atoms with Crippen molar-refractivity contribution in [3.8, 4) is 0 Å². The number of likely N-dealkylation sites (tertiary alicyclic amines) is 1. The highest BCUT2D eigenvalue weighted by molar-refractivity contribution is 6.05. The molecule has 3 aromatic rings. The molecule has 1 N–H and O–H groups in total. The van der Waals surface area contributed by atoms with Gasteiger partial charge < -0.3 is 29.3 Å². The van der Waals surface area contributed by atoms with Gasteiger partial charge in [0.1, 0.15) is 17.7 Å². The number of allylic oxidation sites excluding steroid dienone is 1. The highest BCUT2D eigenvalue weighted by Gasteiger charge is 2.75. The fourth-order valence-electron chi connectivity index (χ4n) is 8.27. The summed E-state index contributed by atoms with van der Waals surface area (Å²) < 4.78 is 13.0. The first kappa shape index (κ1) is 36.0. The summed E-state index contributed by atoms with van der Waals surface area (Å²) in [5.74, 6) is -3.49. The van der Waals surface area contributed by atoms with Crippen LogP contribution in [-0.4, -0.2) is 88.6 Å². The molecule has 6 rings (SSSR count). The Morgan fingerprint density at radius 1 is 1.04 bits per heavy atom. The third kappa shape index (κ3) is 6.36. The van der Waals surface area contributed by atoms with Crippen LogP contribution in [0.4, 0.5) is 5.69 Å². The van der Waals surface area contributed by atoms with Crippen molar-refractivity contribution < 1.29 is 33.8 Å². The number of carbonyl (C=O) groups excluding carboxylic acids is 4. The van der Waals surface area contributed by atoms with Crippen molar-refractivity contribution in [1.29, 1.82) is 0 Å². The Hall–Kier alpha value is -4.80. The number of rotatable bonds is 14. The monoisotopic (exact) mass is 693 g/mol. The van der Waals surface area contributed by atoms with E-state index in [4.69, 9.17) is 9.47 Å². The van der Waals surface area contributed by atoms with Gasteiger partial charge in [0.2, 0.25) is 11.8 Å². The van der Waals surface area contributed by atoms with Crippen molar-refractivity contribution in [3.05, 3.63) is 104 Å². The van der Waals surface area contributed by atoms with E-state index in [1.165, 1.54) is 4.90 Å². The molecule has 10 heteroatoms. The van der Waals surface area contributed by atoms with Crippen LogP contribution in [0.3, 0.4) is 0 Å². The van der Waals surface area contributed by atoms with E-state index >= 15 is 0 Å². The number of aliphatic hydroxyl groups is 1. The van der Waals surface area contributed by atoms with Gasteiger partial charge in [0.05, 0.1) is 36.6 Å². The van der Waals surface area contributed by atoms with Crippen LogP contribution in [0.2, 0.25) is 0 Å². The molecular formula is C41H47N3O7. The van der Waals surface area contributed by atoms with Gasteiger partial charge in [0, 0.05) is 25.7 Å². The number of fused-ring (bicyclic) bond motifs is 2. The Balaban J connectivity index is 1.34. The summed E-state index contributed by atoms with van der Waals surface area (Å²) in [7, 11) is 1.69. The molecule has 3 aliphatic heterocycles. The maximum Gasteiger partial charge on any atom is 0.313 e. The normalized spacial score (nSPS) is 25.2. The molecule has 8 atom stereocenters. The number of hydrogen-bond donors (Lipinski definition) is 1. The summed E-state index contributed by atoms with van der Waals surface area (Å²) in [5.41, 5.74) is 0.0443. The summed E-state index contributed by atoms with van der Waals surface area (Å²) in [6, 6.07) is 20.5. The van der Waals surface area contributed by atoms with Gasteiger partial charge in [-0.15, -0.1) is 13.2 Å². The standard InChI is InChI=1S/C41H47N3O7/c1-6-8-18-33(46)42(5)27(4)36(29-15-10-9-11-16-29)50-40(49)34-32-21-22-41(51-32)35(34)38(47)44(26(3)25-45)37(41)39(48)43(23-7-2)31-20-19-28-14-12-13-17-30(28)24-31/h6-7,9-17,19-20,24,26-27,32,34-37,45H,1-2,8,18,21-23,25H2,3-5H3/t26-,27+,32-,34+,35+,36-,37-,41+/m1/s1. The predicted molar refractivity (Wildman–Crippen MR) is 194 cm³/mol. The molecule has 3 amide bonds. The van der Waals surface area contributed by atoms with Crippen molar-refractivity contribution in [1.82, 2.24) is 9.80 Å². The average Bonchev–Trinajstić information content (AvgIpc) is 3.81. The second kappa shape index (κ2) is 14.8. The van der Waals surface area contributed by atoms with E-state index in [2.05, 4.69) is 13.2 Å². The highest BCUT2D eigenvalue weighted by Crippen LogP contribution is 2.59. The molecule has 3 saturated heterocycles. The first-order valence-electron chi connectivity index (χ1n) is 17.7. The van der Waals surface area contributed by atoms with Crippen LogP contribution < -0.4 is 4.90 Å². The second-order valence-electron chi connectivity index (χ2n) is 13.9. The molecule has 0 saturated carbocycles. The second-order valence-corrected chi connectivity index (χ2v) is 13.9. The number of amides is 3. The zero-order valence-electron chi connectivity index (χ0n) is 29.5. The van der Waals surface area contributed by atoms with Crippen molar-refractivity contribution in [3.63, 3.8) is 0 Å². The fraction of sp³-hybridized carbons (Fsp3) is 0.415. The number of aliphatic hydroxyl groups excluding tert-OH is 1. The predicted octanol–water partition coefficient (Wildman–Crippen LogP) is 5.21. The molecule has 51 heavy (non-hydrogen) atoms. The molecule has 0 unspecified atom stereocenters. The maximum absolute atomic E-state index is 14.9. The minimum Gasteiger partial charge on any atom is -0.455 e. The van der Waals surface area contributed by atoms with Gasteiger partial charge in [-0.3, -0.25) is 19.2 Å². The van der Waals surface area contributed by atoms with Crippen LogP contribution >= 0.6 is 0 Å². The van der Waals surface area contributed by atoms with Gasteiger partial charge in [-0.25, -0.2) is 0 Å². The summed E-state index contributed by atoms with van der Waals surface area (Å²) in [6.07, 6.45) is 3.49. The zero-order chi connectivity index (χ0) is 36.4. The van der Waals surface area contributed by atoms with Crippen LogP contribution in [0.1, 0.15) is 51.2 Å². The van der Waals surface area contributed by atoms with Crippen LogP contribution in [-0.2, 0) is 28.7 Å². The van der Waals surface area contributed by atoms with Gasteiger partial charge >= 0.3 is 5.97 Å². The van der Waals surface area contributed by atoms with E-state index in [1.54, 1.807) is 35.9 Å². The van der Waals surface area contributed by atoms with Crippen molar-refractivity contribution >= 4 is 40.2 Å². The highest BCUT2D eigenvalue weighted by atomic mass is 16.6. The van der Waals surface area contributed by atoms with Crippen molar-refractivity contribution in [2.75, 3.05) is 25.1 Å². The number of ether oxygens (including phenoxy) is 2. The van der Waals surface area contributed by atoms with Crippen LogP contribution in [0, 0.1) is 11.8 Å². The number of carbonyl (C=O) groups is 4. The van der Waals surface area contributed by atoms with E-state index in [0.717, 1.165) is 10.8 Å². The van der Waals surface area contributed by atoms with E-state index in [1.807, 2.05) is 79.7 Å². The Kier molecular flexibility index (Phi) is 10.5. The topological polar surface area (TPSA) is 117 Å². The van der Waals surface area contributed by atoms with Crippen LogP contribution in [0.25, 0.3) is 10.8 Å². The van der Waals surface area contributed by atoms with E-state index in [-0.39, 0.29) is 31.4 Å². The lowest BCUT2D eigenvalue weighted by Crippen LogP contribution is -2.58. The van der Waals surface area contributed by atoms with E-state index < -0.39 is 59.6 Å². The largest absolute Gasteiger partial charge is 0.455 e. The number of esters is 1. The van der Waals surface area contributed by atoms with Gasteiger partial charge in [-0.2, -0.15) is 0 Å². The van der Waals surface area contributed by atoms with Gasteiger partial charge in [0.25, 0.3) is 5.91 Å². The third-order valence-corrected chi connectivity index (χ3v) is 11.0. The SMILES string of the molecule is C=CCCC(=O)N(C)[C@@H](C)[C@@H](OC(=O)[C@@H]1[C@H]2C(=O)N([C@H](C)CO)[C@H](C(=O)N(CC=C)c3ccc4ccccc4c3)[C@]23CC[C@H]1O3)c1ccccc1. The van der Waals surface area contributed by atoms with Crippen molar-refractivity contribution in [2.45, 2.75) is 75.5 Å². The quantitative estimate of drug-likeness (QED) is 0.182. The maximum atomic E-state index is 14.9. The zero-order valence-corrected chi connectivity index (χ0v) is 29.5. The van der Waals surface area contributed by atoms with Gasteiger partial charge in [0.15, 0.2) is 0 Å². The molecular weight excluding hydrogens is 646 g/mol. The number of likely N-dealkylation sites (N-methyl/N-ethyl adjacent to an activating group) is 1. The smallest absolute Gasteiger partial charge is 0.313 e. The Labute approximate surface area is 299 Å². The summed E-state index contributed by atoms with van der Waals surface area (Å²) in [4.78, 5) is 61.5. The third-order valence-electron chi connectivity index (χ3n) is 11.0. The molecule has 3 aliphatic rings. The molecule has 3 fully saturated rings. The van der Waals surface area contributed by atoms with Crippen molar-refractivity contribution in [2.24, 2.45) is 11.8 Å². The van der Waals surface area contributed by atoms with Crippen LogP contribution in [0.15, 0.2) is 98.1 Å². The number of benzene rings is 3.